The van der Waals surface area contributed by atoms with E-state index in [0.29, 0.717) is 21.8 Å². The summed E-state index contributed by atoms with van der Waals surface area (Å²) in [6.45, 7) is 1.59. The molecule has 0 bridgehead atoms. The molecule has 1 amide bonds. The Hall–Kier alpha value is -3.00. The Morgan fingerprint density at radius 1 is 1.38 bits per heavy atom. The summed E-state index contributed by atoms with van der Waals surface area (Å²) in [6.07, 6.45) is 1.40. The zero-order valence-corrected chi connectivity index (χ0v) is 13.5. The molecule has 120 valence electrons. The van der Waals surface area contributed by atoms with E-state index in [0.717, 1.165) is 10.1 Å². The molecule has 1 N–H and O–H groups in total. The van der Waals surface area contributed by atoms with Crippen LogP contribution in [0.1, 0.15) is 5.76 Å². The number of rotatable bonds is 3. The highest BCUT2D eigenvalue weighted by molar-refractivity contribution is 7.25. The van der Waals surface area contributed by atoms with Crippen molar-refractivity contribution in [1.82, 2.24) is 14.7 Å². The Morgan fingerprint density at radius 3 is 3.00 bits per heavy atom. The molecule has 0 aliphatic rings. The van der Waals surface area contributed by atoms with Crippen molar-refractivity contribution in [3.8, 4) is 0 Å². The molecule has 0 aliphatic carbocycles. The van der Waals surface area contributed by atoms with Crippen LogP contribution < -0.4 is 10.9 Å². The fourth-order valence-corrected chi connectivity index (χ4v) is 3.60. The van der Waals surface area contributed by atoms with Crippen LogP contribution in [0.5, 0.6) is 0 Å². The van der Waals surface area contributed by atoms with Crippen LogP contribution in [0, 0.1) is 6.92 Å². The third-order valence-electron chi connectivity index (χ3n) is 3.56. The van der Waals surface area contributed by atoms with E-state index in [9.17, 15) is 9.59 Å². The van der Waals surface area contributed by atoms with Gasteiger partial charge in [-0.3, -0.25) is 14.2 Å². The molecule has 7 nitrogen and oxygen atoms in total. The van der Waals surface area contributed by atoms with Crippen molar-refractivity contribution >= 4 is 43.4 Å². The first-order valence-electron chi connectivity index (χ1n) is 7.21. The number of thiophene rings is 1. The average molecular weight is 340 g/mol. The van der Waals surface area contributed by atoms with Gasteiger partial charge in [-0.15, -0.1) is 11.3 Å². The summed E-state index contributed by atoms with van der Waals surface area (Å²) >= 11 is 1.38. The number of aromatic nitrogens is 3. The molecule has 8 heteroatoms. The third-order valence-corrected chi connectivity index (χ3v) is 4.71. The van der Waals surface area contributed by atoms with Crippen LogP contribution in [0.25, 0.3) is 20.3 Å². The molecule has 0 atom stereocenters. The molecule has 4 aromatic rings. The third kappa shape index (κ3) is 2.46. The first-order valence-corrected chi connectivity index (χ1v) is 8.03. The van der Waals surface area contributed by atoms with E-state index in [1.807, 2.05) is 24.3 Å². The van der Waals surface area contributed by atoms with E-state index < -0.39 is 0 Å². The average Bonchev–Trinajstić information content (AvgIpc) is 3.14. The van der Waals surface area contributed by atoms with Crippen molar-refractivity contribution in [3.63, 3.8) is 0 Å². The lowest BCUT2D eigenvalue weighted by Gasteiger charge is -2.04. The number of hydrogen-bond donors (Lipinski definition) is 1. The zero-order valence-electron chi connectivity index (χ0n) is 12.6. The van der Waals surface area contributed by atoms with Gasteiger partial charge < -0.3 is 9.84 Å². The van der Waals surface area contributed by atoms with E-state index in [2.05, 4.69) is 15.5 Å². The lowest BCUT2D eigenvalue weighted by molar-refractivity contribution is -0.116. The first-order chi connectivity index (χ1) is 11.6. The predicted molar refractivity (Wildman–Crippen MR) is 91.3 cm³/mol. The normalized spacial score (nSPS) is 11.2. The molecular formula is C16H12N4O3S. The van der Waals surface area contributed by atoms with Gasteiger partial charge in [-0.05, 0) is 13.0 Å². The van der Waals surface area contributed by atoms with Crippen LogP contribution in [0.15, 0.2) is 46.0 Å². The van der Waals surface area contributed by atoms with Crippen molar-refractivity contribution < 1.29 is 9.32 Å². The molecule has 0 radical (unpaired) electrons. The van der Waals surface area contributed by atoms with Crippen LogP contribution in [-0.2, 0) is 11.3 Å². The number of nitrogens with one attached hydrogen (secondary N) is 1. The number of carbonyl (C=O) groups excluding carboxylic acids is 1. The number of nitrogens with zero attached hydrogens (tertiary/aromatic N) is 3. The van der Waals surface area contributed by atoms with Gasteiger partial charge in [0.15, 0.2) is 5.82 Å². The number of carbonyl (C=O) groups is 1. The summed E-state index contributed by atoms with van der Waals surface area (Å²) in [5.74, 6) is 0.546. The second kappa shape index (κ2) is 5.57. The maximum Gasteiger partial charge on any atom is 0.271 e. The highest BCUT2D eigenvalue weighted by atomic mass is 32.1. The van der Waals surface area contributed by atoms with E-state index >= 15 is 0 Å². The second-order valence-corrected chi connectivity index (χ2v) is 6.38. The molecule has 0 fully saturated rings. The fourth-order valence-electron chi connectivity index (χ4n) is 2.49. The van der Waals surface area contributed by atoms with Crippen LogP contribution in [0.4, 0.5) is 5.82 Å². The summed E-state index contributed by atoms with van der Waals surface area (Å²) in [5.41, 5.74) is 0.442. The molecule has 0 spiro atoms. The predicted octanol–water partition coefficient (Wildman–Crippen LogP) is 2.55. The summed E-state index contributed by atoms with van der Waals surface area (Å²) in [5, 5.41) is 7.22. The van der Waals surface area contributed by atoms with Crippen LogP contribution in [-0.4, -0.2) is 20.6 Å². The molecule has 24 heavy (non-hydrogen) atoms. The highest BCUT2D eigenvalue weighted by Crippen LogP contribution is 2.29. The van der Waals surface area contributed by atoms with Crippen LogP contribution in [0.2, 0.25) is 0 Å². The van der Waals surface area contributed by atoms with E-state index in [1.165, 1.54) is 22.2 Å². The van der Waals surface area contributed by atoms with Crippen LogP contribution >= 0.6 is 11.3 Å². The van der Waals surface area contributed by atoms with E-state index in [1.54, 1.807) is 13.0 Å². The van der Waals surface area contributed by atoms with Gasteiger partial charge in [-0.1, -0.05) is 23.4 Å². The molecule has 1 aromatic carbocycles. The fraction of sp³-hybridized carbons (Fsp3) is 0.125. The topological polar surface area (TPSA) is 90.0 Å². The highest BCUT2D eigenvalue weighted by Gasteiger charge is 2.13. The minimum Gasteiger partial charge on any atom is -0.360 e. The van der Waals surface area contributed by atoms with Crippen LogP contribution in [0.3, 0.4) is 0 Å². The Bertz CT molecular complexity index is 1130. The molecular weight excluding hydrogens is 328 g/mol. The quantitative estimate of drug-likeness (QED) is 0.619. The molecule has 3 heterocycles. The standard InChI is InChI=1S/C16H12N4O3S/c1-9-6-12(19-23-9)18-13(21)7-20-8-17-14-10-4-2-3-5-11(10)24-15(14)16(20)22/h2-6,8H,7H2,1H3,(H,18,19,21). The second-order valence-electron chi connectivity index (χ2n) is 5.32. The SMILES string of the molecule is Cc1cc(NC(=O)Cn2cnc3c(sc4ccccc43)c2=O)no1. The Balaban J connectivity index is 1.67. The van der Waals surface area contributed by atoms with Gasteiger partial charge in [0.2, 0.25) is 5.91 Å². The van der Waals surface area contributed by atoms with Crippen molar-refractivity contribution in [2.45, 2.75) is 13.5 Å². The molecule has 0 saturated heterocycles. The monoisotopic (exact) mass is 340 g/mol. The minimum atomic E-state index is -0.368. The molecule has 0 unspecified atom stereocenters. The van der Waals surface area contributed by atoms with Gasteiger partial charge in [0, 0.05) is 16.2 Å². The number of benzene rings is 1. The summed E-state index contributed by atoms with van der Waals surface area (Å²) in [6, 6.07) is 9.32. The van der Waals surface area contributed by atoms with Gasteiger partial charge in [0.05, 0.1) is 11.8 Å². The van der Waals surface area contributed by atoms with E-state index in [4.69, 9.17) is 4.52 Å². The number of amides is 1. The Labute approximate surface area is 139 Å². The Kier molecular flexibility index (Phi) is 3.39. The van der Waals surface area contributed by atoms with Gasteiger partial charge in [0.1, 0.15) is 17.0 Å². The minimum absolute atomic E-state index is 0.137. The number of fused-ring (bicyclic) bond motifs is 3. The number of hydrogen-bond acceptors (Lipinski definition) is 6. The van der Waals surface area contributed by atoms with E-state index in [-0.39, 0.29) is 18.0 Å². The molecule has 4 rings (SSSR count). The van der Waals surface area contributed by atoms with Gasteiger partial charge in [-0.2, -0.15) is 0 Å². The summed E-state index contributed by atoms with van der Waals surface area (Å²) < 4.78 is 7.72. The van der Waals surface area contributed by atoms with Crippen molar-refractivity contribution in [3.05, 3.63) is 52.8 Å². The maximum atomic E-state index is 12.6. The van der Waals surface area contributed by atoms with Crippen molar-refractivity contribution in [1.29, 1.82) is 0 Å². The van der Waals surface area contributed by atoms with Gasteiger partial charge >= 0.3 is 0 Å². The Morgan fingerprint density at radius 2 is 2.21 bits per heavy atom. The maximum absolute atomic E-state index is 12.6. The smallest absolute Gasteiger partial charge is 0.271 e. The van der Waals surface area contributed by atoms with Crippen molar-refractivity contribution in [2.75, 3.05) is 5.32 Å². The lowest BCUT2D eigenvalue weighted by atomic mass is 10.2. The summed E-state index contributed by atoms with van der Waals surface area (Å²) in [7, 11) is 0. The van der Waals surface area contributed by atoms with Crippen molar-refractivity contribution in [2.24, 2.45) is 0 Å². The largest absolute Gasteiger partial charge is 0.360 e. The molecule has 0 aliphatic heterocycles. The lowest BCUT2D eigenvalue weighted by Crippen LogP contribution is -2.27. The molecule has 3 aromatic heterocycles. The van der Waals surface area contributed by atoms with Gasteiger partial charge in [-0.25, -0.2) is 4.98 Å². The first kappa shape index (κ1) is 14.6. The number of aryl methyl sites for hydroxylation is 1. The summed E-state index contributed by atoms with van der Waals surface area (Å²) in [4.78, 5) is 29.0. The van der Waals surface area contributed by atoms with Gasteiger partial charge in [0.25, 0.3) is 5.56 Å². The zero-order chi connectivity index (χ0) is 16.7. The number of anilines is 1. The molecule has 0 saturated carbocycles.